The van der Waals surface area contributed by atoms with Crippen molar-refractivity contribution in [3.63, 3.8) is 0 Å². The van der Waals surface area contributed by atoms with E-state index >= 15 is 0 Å². The molecule has 142 valence electrons. The molecule has 0 aliphatic heterocycles. The third-order valence-electron chi connectivity index (χ3n) is 5.79. The first-order valence-electron chi connectivity index (χ1n) is 10.3. The van der Waals surface area contributed by atoms with Gasteiger partial charge in [0.05, 0.1) is 6.61 Å². The second-order valence-electron chi connectivity index (χ2n) is 7.64. The van der Waals surface area contributed by atoms with Crippen LogP contribution in [0.5, 0.6) is 0 Å². The monoisotopic (exact) mass is 360 g/mol. The van der Waals surface area contributed by atoms with Crippen molar-refractivity contribution in [2.75, 3.05) is 6.61 Å². The Bertz CT molecular complexity index is 703. The van der Waals surface area contributed by atoms with Crippen molar-refractivity contribution in [3.05, 3.63) is 90.0 Å². The second kappa shape index (κ2) is 10.3. The maximum Gasteiger partial charge on any atom is 0.0716 e. The summed E-state index contributed by atoms with van der Waals surface area (Å²) in [6.07, 6.45) is 11.1. The second-order valence-corrected chi connectivity index (χ2v) is 7.64. The molecule has 1 saturated carbocycles. The lowest BCUT2D eigenvalue weighted by Gasteiger charge is -2.29. The van der Waals surface area contributed by atoms with Gasteiger partial charge in [-0.1, -0.05) is 67.3 Å². The molecule has 1 nitrogen and oxygen atoms in total. The Kier molecular flexibility index (Phi) is 7.47. The molecule has 1 fully saturated rings. The molecular weight excluding hydrogens is 328 g/mol. The summed E-state index contributed by atoms with van der Waals surface area (Å²) < 4.78 is 5.73. The van der Waals surface area contributed by atoms with Crippen LogP contribution in [0.2, 0.25) is 0 Å². The lowest BCUT2D eigenvalue weighted by Crippen LogP contribution is -2.12. The molecule has 0 bridgehead atoms. The predicted octanol–water partition coefficient (Wildman–Crippen LogP) is 7.25. The molecule has 0 spiro atoms. The van der Waals surface area contributed by atoms with Gasteiger partial charge in [-0.15, -0.1) is 6.58 Å². The van der Waals surface area contributed by atoms with E-state index in [0.717, 1.165) is 19.4 Å². The topological polar surface area (TPSA) is 9.23 Å². The minimum absolute atomic E-state index is 0.705. The summed E-state index contributed by atoms with van der Waals surface area (Å²) in [5, 5.41) is 0. The van der Waals surface area contributed by atoms with Gasteiger partial charge in [0.15, 0.2) is 0 Å². The molecule has 0 N–H and O–H groups in total. The Labute approximate surface area is 164 Å². The number of benzene rings is 2. The summed E-state index contributed by atoms with van der Waals surface area (Å²) in [6, 6.07) is 18.0. The third kappa shape index (κ3) is 5.68. The van der Waals surface area contributed by atoms with E-state index in [1.807, 2.05) is 12.2 Å². The van der Waals surface area contributed by atoms with Crippen LogP contribution in [-0.2, 0) is 11.3 Å². The van der Waals surface area contributed by atoms with Crippen LogP contribution in [0, 0.1) is 0 Å². The summed E-state index contributed by atoms with van der Waals surface area (Å²) in [5.41, 5.74) is 5.46. The van der Waals surface area contributed by atoms with Gasteiger partial charge < -0.3 is 4.74 Å². The molecule has 3 rings (SSSR count). The number of unbranched alkanes of at least 4 members (excludes halogenated alkanes) is 1. The van der Waals surface area contributed by atoms with Gasteiger partial charge in [0.1, 0.15) is 0 Å². The van der Waals surface area contributed by atoms with Gasteiger partial charge in [0.25, 0.3) is 0 Å². The zero-order valence-corrected chi connectivity index (χ0v) is 16.4. The maximum absolute atomic E-state index is 5.73. The molecule has 2 aromatic rings. The molecule has 0 saturated heterocycles. The fraction of sp³-hybridized carbons (Fsp3) is 0.385. The summed E-state index contributed by atoms with van der Waals surface area (Å²) in [6.45, 7) is 9.10. The predicted molar refractivity (Wildman–Crippen MR) is 116 cm³/mol. The standard InChI is InChI=1S/C26H32O/c1-3-5-6-19-27-20-22-9-13-24(14-10-22)26-17-15-25(16-18-26)23-11-7-21(4-2)8-12-23/h3-4,7-14,25-26H,1-2,5-6,15-20H2. The maximum atomic E-state index is 5.73. The highest BCUT2D eigenvalue weighted by Gasteiger charge is 2.23. The first-order valence-corrected chi connectivity index (χ1v) is 10.3. The van der Waals surface area contributed by atoms with E-state index in [2.05, 4.69) is 61.7 Å². The van der Waals surface area contributed by atoms with Gasteiger partial charge in [-0.2, -0.15) is 0 Å². The van der Waals surface area contributed by atoms with E-state index in [4.69, 9.17) is 4.74 Å². The van der Waals surface area contributed by atoms with Crippen molar-refractivity contribution < 1.29 is 4.74 Å². The smallest absolute Gasteiger partial charge is 0.0716 e. The lowest BCUT2D eigenvalue weighted by atomic mass is 9.76. The zero-order valence-electron chi connectivity index (χ0n) is 16.4. The minimum atomic E-state index is 0.705. The van der Waals surface area contributed by atoms with E-state index in [1.165, 1.54) is 47.9 Å². The zero-order chi connectivity index (χ0) is 18.9. The summed E-state index contributed by atoms with van der Waals surface area (Å²) in [5.74, 6) is 1.42. The van der Waals surface area contributed by atoms with E-state index in [0.29, 0.717) is 18.4 Å². The van der Waals surface area contributed by atoms with Crippen molar-refractivity contribution in [3.8, 4) is 0 Å². The number of hydrogen-bond donors (Lipinski definition) is 0. The van der Waals surface area contributed by atoms with Crippen molar-refractivity contribution in [2.45, 2.75) is 57.0 Å². The number of ether oxygens (including phenoxy) is 1. The van der Waals surface area contributed by atoms with Crippen LogP contribution in [0.15, 0.2) is 67.8 Å². The average molecular weight is 361 g/mol. The van der Waals surface area contributed by atoms with Crippen LogP contribution < -0.4 is 0 Å². The van der Waals surface area contributed by atoms with E-state index in [9.17, 15) is 0 Å². The number of hydrogen-bond acceptors (Lipinski definition) is 1. The van der Waals surface area contributed by atoms with Crippen LogP contribution in [0.4, 0.5) is 0 Å². The van der Waals surface area contributed by atoms with E-state index in [-0.39, 0.29) is 0 Å². The molecular formula is C26H32O. The molecule has 0 aromatic heterocycles. The van der Waals surface area contributed by atoms with Gasteiger partial charge >= 0.3 is 0 Å². The Balaban J connectivity index is 1.47. The van der Waals surface area contributed by atoms with Crippen LogP contribution in [-0.4, -0.2) is 6.61 Å². The average Bonchev–Trinajstić information content (AvgIpc) is 2.74. The molecule has 0 amide bonds. The van der Waals surface area contributed by atoms with Gasteiger partial charge in [0, 0.05) is 6.61 Å². The molecule has 0 radical (unpaired) electrons. The van der Waals surface area contributed by atoms with Crippen LogP contribution in [0.25, 0.3) is 6.08 Å². The Morgan fingerprint density at radius 1 is 0.815 bits per heavy atom. The molecule has 1 aliphatic rings. The SMILES string of the molecule is C=CCCCOCc1ccc(C2CCC(c3ccc(C=C)cc3)CC2)cc1. The van der Waals surface area contributed by atoms with E-state index < -0.39 is 0 Å². The van der Waals surface area contributed by atoms with Gasteiger partial charge in [-0.25, -0.2) is 0 Å². The molecule has 0 unspecified atom stereocenters. The lowest BCUT2D eigenvalue weighted by molar-refractivity contribution is 0.119. The van der Waals surface area contributed by atoms with Gasteiger partial charge in [-0.3, -0.25) is 0 Å². The highest BCUT2D eigenvalue weighted by Crippen LogP contribution is 2.40. The summed E-state index contributed by atoms with van der Waals surface area (Å²) >= 11 is 0. The molecule has 1 heteroatoms. The highest BCUT2D eigenvalue weighted by molar-refractivity contribution is 5.47. The van der Waals surface area contributed by atoms with Crippen LogP contribution in [0.3, 0.4) is 0 Å². The Morgan fingerprint density at radius 3 is 1.89 bits per heavy atom. The molecule has 27 heavy (non-hydrogen) atoms. The van der Waals surface area contributed by atoms with Crippen LogP contribution in [0.1, 0.15) is 72.6 Å². The highest BCUT2D eigenvalue weighted by atomic mass is 16.5. The first kappa shape index (κ1) is 19.6. The summed E-state index contributed by atoms with van der Waals surface area (Å²) in [4.78, 5) is 0. The van der Waals surface area contributed by atoms with Crippen molar-refractivity contribution in [1.82, 2.24) is 0 Å². The minimum Gasteiger partial charge on any atom is -0.377 e. The van der Waals surface area contributed by atoms with Gasteiger partial charge in [0.2, 0.25) is 0 Å². The molecule has 1 aliphatic carbocycles. The largest absolute Gasteiger partial charge is 0.377 e. The summed E-state index contributed by atoms with van der Waals surface area (Å²) in [7, 11) is 0. The fourth-order valence-electron chi connectivity index (χ4n) is 4.07. The number of allylic oxidation sites excluding steroid dienone is 1. The number of rotatable bonds is 9. The molecule has 0 heterocycles. The van der Waals surface area contributed by atoms with Crippen molar-refractivity contribution in [1.29, 1.82) is 0 Å². The quantitative estimate of drug-likeness (QED) is 0.338. The Hall–Kier alpha value is -2.12. The third-order valence-corrected chi connectivity index (χ3v) is 5.79. The first-order chi connectivity index (χ1) is 13.3. The van der Waals surface area contributed by atoms with Crippen LogP contribution >= 0.6 is 0 Å². The Morgan fingerprint density at radius 2 is 1.37 bits per heavy atom. The van der Waals surface area contributed by atoms with Gasteiger partial charge in [-0.05, 0) is 72.6 Å². The normalized spacial score (nSPS) is 19.6. The molecule has 2 aromatic carbocycles. The molecule has 0 atom stereocenters. The van der Waals surface area contributed by atoms with Crippen molar-refractivity contribution >= 4 is 6.08 Å². The van der Waals surface area contributed by atoms with Crippen molar-refractivity contribution in [2.24, 2.45) is 0 Å². The van der Waals surface area contributed by atoms with E-state index in [1.54, 1.807) is 0 Å². The fourth-order valence-corrected chi connectivity index (χ4v) is 4.07.